The van der Waals surface area contributed by atoms with Crippen LogP contribution < -0.4 is 5.32 Å². The lowest BCUT2D eigenvalue weighted by Gasteiger charge is -2.29. The minimum atomic E-state index is 0.446. The molecule has 1 saturated carbocycles. The van der Waals surface area contributed by atoms with E-state index in [4.69, 9.17) is 0 Å². The van der Waals surface area contributed by atoms with Crippen molar-refractivity contribution < 1.29 is 0 Å². The summed E-state index contributed by atoms with van der Waals surface area (Å²) in [5.74, 6) is 1.51. The molecule has 0 spiro atoms. The molecule has 0 bridgehead atoms. The molecular weight excluding hydrogens is 278 g/mol. The van der Waals surface area contributed by atoms with Gasteiger partial charge in [-0.25, -0.2) is 0 Å². The van der Waals surface area contributed by atoms with Crippen LogP contribution in [0.15, 0.2) is 0 Å². The quantitative estimate of drug-likeness (QED) is 0.782. The smallest absolute Gasteiger partial charge is 0.205 e. The highest BCUT2D eigenvalue weighted by Crippen LogP contribution is 2.37. The van der Waals surface area contributed by atoms with E-state index in [1.807, 2.05) is 0 Å². The van der Waals surface area contributed by atoms with Gasteiger partial charge in [-0.3, -0.25) is 0 Å². The number of nitrogens with one attached hydrogen (secondary N) is 1. The first-order chi connectivity index (χ1) is 9.84. The van der Waals surface area contributed by atoms with Crippen LogP contribution in [0.3, 0.4) is 0 Å². The summed E-state index contributed by atoms with van der Waals surface area (Å²) in [6.07, 6.45) is 7.61. The Labute approximate surface area is 133 Å². The van der Waals surface area contributed by atoms with Crippen molar-refractivity contribution in [3.05, 3.63) is 5.01 Å². The van der Waals surface area contributed by atoms with Crippen LogP contribution in [-0.4, -0.2) is 16.2 Å². The molecule has 1 N–H and O–H groups in total. The van der Waals surface area contributed by atoms with E-state index in [0.717, 1.165) is 22.5 Å². The molecule has 4 heteroatoms. The zero-order valence-corrected chi connectivity index (χ0v) is 15.1. The first-order valence-electron chi connectivity index (χ1n) is 8.43. The topological polar surface area (TPSA) is 37.8 Å². The maximum atomic E-state index is 4.32. The summed E-state index contributed by atoms with van der Waals surface area (Å²) in [4.78, 5) is 0. The minimum absolute atomic E-state index is 0.446. The Morgan fingerprint density at radius 3 is 2.57 bits per heavy atom. The lowest BCUT2D eigenvalue weighted by Crippen LogP contribution is -2.21. The lowest BCUT2D eigenvalue weighted by atomic mass is 9.76. The second-order valence-corrected chi connectivity index (χ2v) is 9.07. The number of nitrogens with zero attached hydrogens (tertiary/aromatic N) is 2. The summed E-state index contributed by atoms with van der Waals surface area (Å²) in [6, 6.07) is 0.581. The molecule has 2 unspecified atom stereocenters. The highest BCUT2D eigenvalue weighted by molar-refractivity contribution is 7.15. The number of hydrogen-bond acceptors (Lipinski definition) is 4. The van der Waals surface area contributed by atoms with Gasteiger partial charge in [0.2, 0.25) is 5.13 Å². The minimum Gasteiger partial charge on any atom is -0.357 e. The van der Waals surface area contributed by atoms with Crippen molar-refractivity contribution in [1.29, 1.82) is 0 Å². The van der Waals surface area contributed by atoms with E-state index in [2.05, 4.69) is 50.1 Å². The van der Waals surface area contributed by atoms with Crippen molar-refractivity contribution >= 4 is 16.5 Å². The zero-order chi connectivity index (χ0) is 15.5. The molecule has 2 rings (SSSR count). The SMILES string of the molecule is CC(C)Cc1nnc(NC2CCCC(C(C)(C)C)CC2)s1. The van der Waals surface area contributed by atoms with Crippen molar-refractivity contribution in [2.75, 3.05) is 5.32 Å². The normalized spacial score (nSPS) is 24.1. The first-order valence-corrected chi connectivity index (χ1v) is 9.25. The van der Waals surface area contributed by atoms with E-state index in [9.17, 15) is 0 Å². The zero-order valence-electron chi connectivity index (χ0n) is 14.3. The van der Waals surface area contributed by atoms with Gasteiger partial charge < -0.3 is 5.32 Å². The van der Waals surface area contributed by atoms with Gasteiger partial charge in [-0.05, 0) is 42.9 Å². The molecule has 1 fully saturated rings. The fourth-order valence-electron chi connectivity index (χ4n) is 3.23. The van der Waals surface area contributed by atoms with Gasteiger partial charge in [0.15, 0.2) is 0 Å². The first kappa shape index (κ1) is 16.7. The van der Waals surface area contributed by atoms with E-state index in [-0.39, 0.29) is 0 Å². The summed E-state index contributed by atoms with van der Waals surface area (Å²) < 4.78 is 0. The van der Waals surface area contributed by atoms with Gasteiger partial charge in [-0.15, -0.1) is 10.2 Å². The average Bonchev–Trinajstić information content (AvgIpc) is 2.64. The second-order valence-electron chi connectivity index (χ2n) is 8.01. The van der Waals surface area contributed by atoms with Crippen molar-refractivity contribution in [3.63, 3.8) is 0 Å². The number of hydrogen-bond donors (Lipinski definition) is 1. The Bertz CT molecular complexity index is 433. The summed E-state index contributed by atoms with van der Waals surface area (Å²) in [5.41, 5.74) is 0.446. The molecule has 1 aromatic rings. The van der Waals surface area contributed by atoms with Crippen LogP contribution in [-0.2, 0) is 6.42 Å². The molecule has 1 aliphatic carbocycles. The van der Waals surface area contributed by atoms with E-state index in [1.54, 1.807) is 11.3 Å². The predicted molar refractivity (Wildman–Crippen MR) is 91.9 cm³/mol. The fourth-order valence-corrected chi connectivity index (χ4v) is 4.26. The molecule has 0 amide bonds. The molecule has 1 heterocycles. The monoisotopic (exact) mass is 309 g/mol. The Balaban J connectivity index is 1.87. The summed E-state index contributed by atoms with van der Waals surface area (Å²) in [5, 5.41) is 14.4. The molecule has 0 saturated heterocycles. The van der Waals surface area contributed by atoms with Crippen LogP contribution in [0.25, 0.3) is 0 Å². The number of aromatic nitrogens is 2. The molecule has 1 aromatic heterocycles. The molecule has 2 atom stereocenters. The maximum absolute atomic E-state index is 4.32. The van der Waals surface area contributed by atoms with Gasteiger partial charge >= 0.3 is 0 Å². The summed E-state index contributed by atoms with van der Waals surface area (Å²) >= 11 is 1.73. The standard InChI is InChI=1S/C17H31N3S/c1-12(2)11-15-19-20-16(21-15)18-14-8-6-7-13(9-10-14)17(3,4)5/h12-14H,6-11H2,1-5H3,(H,18,20). The Kier molecular flexibility index (Phi) is 5.64. The van der Waals surface area contributed by atoms with E-state index >= 15 is 0 Å². The molecule has 0 aromatic carbocycles. The third-order valence-corrected chi connectivity index (χ3v) is 5.45. The van der Waals surface area contributed by atoms with E-state index < -0.39 is 0 Å². The number of rotatable bonds is 4. The molecule has 120 valence electrons. The predicted octanol–water partition coefficient (Wildman–Crippen LogP) is 5.14. The van der Waals surface area contributed by atoms with Crippen molar-refractivity contribution in [3.8, 4) is 0 Å². The molecule has 0 radical (unpaired) electrons. The lowest BCUT2D eigenvalue weighted by molar-refractivity contribution is 0.214. The average molecular weight is 310 g/mol. The van der Waals surface area contributed by atoms with Crippen LogP contribution in [0.4, 0.5) is 5.13 Å². The second kappa shape index (κ2) is 7.08. The van der Waals surface area contributed by atoms with Gasteiger partial charge in [-0.2, -0.15) is 0 Å². The van der Waals surface area contributed by atoms with Crippen molar-refractivity contribution in [1.82, 2.24) is 10.2 Å². The fraction of sp³-hybridized carbons (Fsp3) is 0.882. The highest BCUT2D eigenvalue weighted by Gasteiger charge is 2.28. The summed E-state index contributed by atoms with van der Waals surface area (Å²) in [6.45, 7) is 11.6. The van der Waals surface area contributed by atoms with E-state index in [0.29, 0.717) is 17.4 Å². The highest BCUT2D eigenvalue weighted by atomic mass is 32.1. The van der Waals surface area contributed by atoms with Crippen LogP contribution >= 0.6 is 11.3 Å². The molecular formula is C17H31N3S. The van der Waals surface area contributed by atoms with Crippen LogP contribution in [0.2, 0.25) is 0 Å². The molecule has 21 heavy (non-hydrogen) atoms. The summed E-state index contributed by atoms with van der Waals surface area (Å²) in [7, 11) is 0. The van der Waals surface area contributed by atoms with Gasteiger partial charge in [-0.1, -0.05) is 52.4 Å². The van der Waals surface area contributed by atoms with Crippen molar-refractivity contribution in [2.45, 2.75) is 79.2 Å². The van der Waals surface area contributed by atoms with Crippen LogP contribution in [0.1, 0.15) is 71.7 Å². The Morgan fingerprint density at radius 1 is 1.14 bits per heavy atom. The largest absolute Gasteiger partial charge is 0.357 e. The third-order valence-electron chi connectivity index (χ3n) is 4.57. The van der Waals surface area contributed by atoms with E-state index in [1.165, 1.54) is 32.1 Å². The third kappa shape index (κ3) is 5.24. The van der Waals surface area contributed by atoms with Gasteiger partial charge in [0.1, 0.15) is 5.01 Å². The van der Waals surface area contributed by atoms with Crippen molar-refractivity contribution in [2.24, 2.45) is 17.3 Å². The van der Waals surface area contributed by atoms with Crippen LogP contribution in [0, 0.1) is 17.3 Å². The Morgan fingerprint density at radius 2 is 1.90 bits per heavy atom. The van der Waals surface area contributed by atoms with Gasteiger partial charge in [0, 0.05) is 12.5 Å². The molecule has 0 aliphatic heterocycles. The molecule has 1 aliphatic rings. The van der Waals surface area contributed by atoms with Gasteiger partial charge in [0.05, 0.1) is 0 Å². The Hall–Kier alpha value is -0.640. The molecule has 3 nitrogen and oxygen atoms in total. The van der Waals surface area contributed by atoms with Gasteiger partial charge in [0.25, 0.3) is 0 Å². The number of anilines is 1. The van der Waals surface area contributed by atoms with Crippen LogP contribution in [0.5, 0.6) is 0 Å². The maximum Gasteiger partial charge on any atom is 0.205 e.